The lowest BCUT2D eigenvalue weighted by Crippen LogP contribution is -2.14. The van der Waals surface area contributed by atoms with Crippen molar-refractivity contribution in [3.05, 3.63) is 77.6 Å². The lowest BCUT2D eigenvalue weighted by atomic mass is 10.2. The number of para-hydroxylation sites is 2. The molecule has 0 N–H and O–H groups in total. The molecule has 0 aliphatic rings. The van der Waals surface area contributed by atoms with Crippen LogP contribution in [0.3, 0.4) is 0 Å². The summed E-state index contributed by atoms with van der Waals surface area (Å²) < 4.78 is 15.0. The highest BCUT2D eigenvalue weighted by Crippen LogP contribution is 2.33. The van der Waals surface area contributed by atoms with Crippen LogP contribution in [0.25, 0.3) is 17.1 Å². The molecule has 0 spiro atoms. The van der Waals surface area contributed by atoms with Crippen molar-refractivity contribution in [1.29, 1.82) is 0 Å². The zero-order valence-electron chi connectivity index (χ0n) is 20.7. The van der Waals surface area contributed by atoms with Crippen molar-refractivity contribution < 1.29 is 14.3 Å². The first-order chi connectivity index (χ1) is 17.0. The van der Waals surface area contributed by atoms with Gasteiger partial charge in [0.05, 0.1) is 31.1 Å². The summed E-state index contributed by atoms with van der Waals surface area (Å²) in [5.74, 6) is 1.68. The maximum Gasteiger partial charge on any atom is 0.196 e. The molecule has 8 heteroatoms. The molecule has 0 aliphatic heterocycles. The fraction of sp³-hybridized carbons (Fsp3) is 0.296. The summed E-state index contributed by atoms with van der Waals surface area (Å²) in [5, 5.41) is 9.58. The fourth-order valence-electron chi connectivity index (χ4n) is 4.44. The van der Waals surface area contributed by atoms with Crippen LogP contribution in [0.2, 0.25) is 0 Å². The third kappa shape index (κ3) is 5.04. The standard InChI is InChI=1S/C27H30N4O3S/c1-18-15-23(20(3)30(18)19(2)16-33-4)24(32)17-35-27-29-28-26(22-13-9-10-14-25(22)34-5)31(27)21-11-7-6-8-12-21/h6-15,19H,16-17H2,1-5H3. The summed E-state index contributed by atoms with van der Waals surface area (Å²) in [5.41, 5.74) is 4.48. The minimum atomic E-state index is 0.0559. The summed E-state index contributed by atoms with van der Waals surface area (Å²) in [4.78, 5) is 13.3. The van der Waals surface area contributed by atoms with Crippen LogP contribution >= 0.6 is 11.8 Å². The number of carbonyl (C=O) groups is 1. The van der Waals surface area contributed by atoms with Crippen LogP contribution in [0.15, 0.2) is 65.8 Å². The first-order valence-corrected chi connectivity index (χ1v) is 12.4. The number of Topliss-reactive ketones (excluding diaryl/α,β-unsaturated/α-hetero) is 1. The molecule has 0 fully saturated rings. The van der Waals surface area contributed by atoms with E-state index >= 15 is 0 Å². The van der Waals surface area contributed by atoms with E-state index in [1.807, 2.05) is 79.1 Å². The van der Waals surface area contributed by atoms with Crippen molar-refractivity contribution in [3.8, 4) is 22.8 Å². The van der Waals surface area contributed by atoms with Gasteiger partial charge < -0.3 is 14.0 Å². The number of hydrogen-bond acceptors (Lipinski definition) is 6. The second kappa shape index (κ2) is 10.9. The lowest BCUT2D eigenvalue weighted by Gasteiger charge is -2.17. The molecular formula is C27H30N4O3S. The number of ether oxygens (including phenoxy) is 2. The van der Waals surface area contributed by atoms with Gasteiger partial charge in [0.2, 0.25) is 0 Å². The maximum atomic E-state index is 13.3. The number of rotatable bonds is 10. The van der Waals surface area contributed by atoms with Crippen LogP contribution in [0.1, 0.15) is 34.7 Å². The lowest BCUT2D eigenvalue weighted by molar-refractivity contribution is 0.102. The molecular weight excluding hydrogens is 460 g/mol. The Kier molecular flexibility index (Phi) is 7.73. The molecule has 1 atom stereocenters. The van der Waals surface area contributed by atoms with E-state index in [0.717, 1.165) is 28.2 Å². The molecule has 35 heavy (non-hydrogen) atoms. The second-order valence-electron chi connectivity index (χ2n) is 8.35. The minimum Gasteiger partial charge on any atom is -0.496 e. The van der Waals surface area contributed by atoms with Gasteiger partial charge in [-0.3, -0.25) is 9.36 Å². The third-order valence-electron chi connectivity index (χ3n) is 5.96. The monoisotopic (exact) mass is 490 g/mol. The van der Waals surface area contributed by atoms with Crippen molar-refractivity contribution in [2.45, 2.75) is 32.0 Å². The maximum absolute atomic E-state index is 13.3. The van der Waals surface area contributed by atoms with E-state index in [2.05, 4.69) is 21.7 Å². The van der Waals surface area contributed by atoms with Gasteiger partial charge in [0, 0.05) is 29.7 Å². The van der Waals surface area contributed by atoms with Crippen LogP contribution in [-0.2, 0) is 4.74 Å². The molecule has 0 aliphatic carbocycles. The van der Waals surface area contributed by atoms with E-state index in [1.165, 1.54) is 11.8 Å². The largest absolute Gasteiger partial charge is 0.496 e. The van der Waals surface area contributed by atoms with Crippen LogP contribution in [-0.4, -0.2) is 51.7 Å². The number of methoxy groups -OCH3 is 2. The van der Waals surface area contributed by atoms with E-state index in [0.29, 0.717) is 23.3 Å². The quantitative estimate of drug-likeness (QED) is 0.215. The normalized spacial score (nSPS) is 12.0. The first-order valence-electron chi connectivity index (χ1n) is 11.4. The molecule has 0 saturated carbocycles. The van der Waals surface area contributed by atoms with E-state index in [9.17, 15) is 4.79 Å². The Morgan fingerprint density at radius 1 is 1.03 bits per heavy atom. The zero-order chi connectivity index (χ0) is 24.9. The summed E-state index contributed by atoms with van der Waals surface area (Å²) in [6.45, 7) is 6.69. The molecule has 2 aromatic heterocycles. The number of thioether (sulfide) groups is 1. The predicted octanol–water partition coefficient (Wildman–Crippen LogP) is 5.54. The Balaban J connectivity index is 1.65. The van der Waals surface area contributed by atoms with Crippen molar-refractivity contribution in [1.82, 2.24) is 19.3 Å². The van der Waals surface area contributed by atoms with Crippen molar-refractivity contribution >= 4 is 17.5 Å². The highest BCUT2D eigenvalue weighted by molar-refractivity contribution is 7.99. The Hall–Kier alpha value is -3.36. The molecule has 4 aromatic rings. The highest BCUT2D eigenvalue weighted by Gasteiger charge is 2.22. The van der Waals surface area contributed by atoms with Gasteiger partial charge in [-0.25, -0.2) is 0 Å². The van der Waals surface area contributed by atoms with E-state index in [-0.39, 0.29) is 17.6 Å². The van der Waals surface area contributed by atoms with E-state index in [4.69, 9.17) is 9.47 Å². The number of aryl methyl sites for hydroxylation is 1. The van der Waals surface area contributed by atoms with Crippen LogP contribution in [0, 0.1) is 13.8 Å². The van der Waals surface area contributed by atoms with Gasteiger partial charge in [-0.05, 0) is 51.1 Å². The number of benzene rings is 2. The number of nitrogens with zero attached hydrogens (tertiary/aromatic N) is 4. The van der Waals surface area contributed by atoms with Crippen LogP contribution in [0.5, 0.6) is 5.75 Å². The van der Waals surface area contributed by atoms with Crippen LogP contribution in [0.4, 0.5) is 0 Å². The summed E-state index contributed by atoms with van der Waals surface area (Å²) in [6.07, 6.45) is 0. The average Bonchev–Trinajstić information content (AvgIpc) is 3.43. The number of aromatic nitrogens is 4. The van der Waals surface area contributed by atoms with Gasteiger partial charge in [0.15, 0.2) is 16.8 Å². The Labute approximate surface area is 210 Å². The van der Waals surface area contributed by atoms with Gasteiger partial charge in [-0.15, -0.1) is 10.2 Å². The van der Waals surface area contributed by atoms with Crippen LogP contribution < -0.4 is 4.74 Å². The highest BCUT2D eigenvalue weighted by atomic mass is 32.2. The van der Waals surface area contributed by atoms with E-state index < -0.39 is 0 Å². The zero-order valence-corrected chi connectivity index (χ0v) is 21.5. The Morgan fingerprint density at radius 3 is 2.46 bits per heavy atom. The molecule has 0 saturated heterocycles. The molecule has 2 heterocycles. The Bertz CT molecular complexity index is 1310. The van der Waals surface area contributed by atoms with E-state index in [1.54, 1.807) is 14.2 Å². The van der Waals surface area contributed by atoms with Gasteiger partial charge in [0.25, 0.3) is 0 Å². The molecule has 2 aromatic carbocycles. The molecule has 7 nitrogen and oxygen atoms in total. The van der Waals surface area contributed by atoms with Gasteiger partial charge in [-0.1, -0.05) is 42.1 Å². The summed E-state index contributed by atoms with van der Waals surface area (Å²) in [7, 11) is 3.33. The molecule has 0 bridgehead atoms. The molecule has 0 amide bonds. The van der Waals surface area contributed by atoms with Crippen molar-refractivity contribution in [2.24, 2.45) is 0 Å². The van der Waals surface area contributed by atoms with Gasteiger partial charge in [-0.2, -0.15) is 0 Å². The van der Waals surface area contributed by atoms with Crippen molar-refractivity contribution in [2.75, 3.05) is 26.6 Å². The summed E-state index contributed by atoms with van der Waals surface area (Å²) >= 11 is 1.38. The molecule has 0 radical (unpaired) electrons. The van der Waals surface area contributed by atoms with Gasteiger partial charge >= 0.3 is 0 Å². The van der Waals surface area contributed by atoms with Crippen molar-refractivity contribution in [3.63, 3.8) is 0 Å². The molecule has 4 rings (SSSR count). The SMILES string of the molecule is COCC(C)n1c(C)cc(C(=O)CSc2nnc(-c3ccccc3OC)n2-c2ccccc2)c1C. The average molecular weight is 491 g/mol. The van der Waals surface area contributed by atoms with Gasteiger partial charge in [0.1, 0.15) is 5.75 Å². The minimum absolute atomic E-state index is 0.0559. The smallest absolute Gasteiger partial charge is 0.196 e. The molecule has 182 valence electrons. The number of ketones is 1. The second-order valence-corrected chi connectivity index (χ2v) is 9.29. The summed E-state index contributed by atoms with van der Waals surface area (Å²) in [6, 6.07) is 19.7. The Morgan fingerprint density at radius 2 is 1.74 bits per heavy atom. The number of carbonyl (C=O) groups excluding carboxylic acids is 1. The molecule has 1 unspecified atom stereocenters. The predicted molar refractivity (Wildman–Crippen MR) is 139 cm³/mol. The topological polar surface area (TPSA) is 71.2 Å². The number of hydrogen-bond donors (Lipinski definition) is 0. The third-order valence-corrected chi connectivity index (χ3v) is 6.89. The first kappa shape index (κ1) is 24.8. The fourth-order valence-corrected chi connectivity index (χ4v) is 5.27.